The van der Waals surface area contributed by atoms with E-state index in [0.29, 0.717) is 0 Å². The molecule has 0 aromatic rings. The second kappa shape index (κ2) is 4.93. The van der Waals surface area contributed by atoms with Crippen LogP contribution < -0.4 is 0 Å². The summed E-state index contributed by atoms with van der Waals surface area (Å²) in [5.74, 6) is 0. The molecule has 0 rings (SSSR count). The number of hydrogen-bond acceptors (Lipinski definition) is 1. The lowest BCUT2D eigenvalue weighted by atomic mass is 10.5. The van der Waals surface area contributed by atoms with Gasteiger partial charge in [0, 0.05) is 6.21 Å². The van der Waals surface area contributed by atoms with Gasteiger partial charge in [-0.25, -0.2) is 0 Å². The predicted octanol–water partition coefficient (Wildman–Crippen LogP) is 1.53. The van der Waals surface area contributed by atoms with Gasteiger partial charge in [0.1, 0.15) is 0 Å². The molecule has 0 saturated carbocycles. The van der Waals surface area contributed by atoms with E-state index in [-0.39, 0.29) is 0 Å². The molecule has 0 heterocycles. The van der Waals surface area contributed by atoms with Crippen LogP contribution in [0.2, 0.25) is 0 Å². The van der Waals surface area contributed by atoms with Crippen LogP contribution in [0.25, 0.3) is 0 Å². The zero-order chi connectivity index (χ0) is 5.54. The van der Waals surface area contributed by atoms with E-state index < -0.39 is 0 Å². The Bertz CT molecular complexity index is 116. The highest BCUT2D eigenvalue weighted by Gasteiger charge is 1.51. The third-order valence-corrected chi connectivity index (χ3v) is 0.421. The van der Waals surface area contributed by atoms with Gasteiger partial charge >= 0.3 is 0 Å². The Labute approximate surface area is 43.2 Å². The summed E-state index contributed by atoms with van der Waals surface area (Å²) in [6, 6.07) is 0. The van der Waals surface area contributed by atoms with Crippen LogP contribution in [0.5, 0.6) is 0 Å². The maximum atomic E-state index is 6.50. The molecule has 0 amide bonds. The van der Waals surface area contributed by atoms with E-state index in [4.69, 9.17) is 5.41 Å². The van der Waals surface area contributed by atoms with E-state index in [9.17, 15) is 0 Å². The monoisotopic (exact) mass is 93.1 g/mol. The summed E-state index contributed by atoms with van der Waals surface area (Å²) in [5, 5.41) is 6.50. The van der Waals surface area contributed by atoms with Crippen molar-refractivity contribution in [2.75, 3.05) is 0 Å². The van der Waals surface area contributed by atoms with Crippen molar-refractivity contribution < 1.29 is 0 Å². The fourth-order valence-electron chi connectivity index (χ4n) is 0.179. The Morgan fingerprint density at radius 3 is 2.57 bits per heavy atom. The van der Waals surface area contributed by atoms with E-state index >= 15 is 0 Å². The molecule has 0 saturated heterocycles. The minimum absolute atomic E-state index is 1.20. The van der Waals surface area contributed by atoms with Crippen LogP contribution >= 0.6 is 0 Å². The van der Waals surface area contributed by atoms with Crippen molar-refractivity contribution in [2.45, 2.75) is 0 Å². The SMILES string of the molecule is C=C=C/C=C/C=N. The normalized spacial score (nSPS) is 8.00. The van der Waals surface area contributed by atoms with Crippen molar-refractivity contribution in [1.29, 1.82) is 5.41 Å². The van der Waals surface area contributed by atoms with Crippen LogP contribution in [0.4, 0.5) is 0 Å². The highest BCUT2D eigenvalue weighted by atomic mass is 14.3. The lowest BCUT2D eigenvalue weighted by molar-refractivity contribution is 1.58. The van der Waals surface area contributed by atoms with E-state index in [2.05, 4.69) is 12.3 Å². The van der Waals surface area contributed by atoms with Gasteiger partial charge < -0.3 is 5.41 Å². The lowest BCUT2D eigenvalue weighted by Gasteiger charge is -1.60. The average molecular weight is 93.1 g/mol. The molecule has 0 aliphatic carbocycles. The van der Waals surface area contributed by atoms with Crippen molar-refractivity contribution in [2.24, 2.45) is 0 Å². The Kier molecular flexibility index (Phi) is 4.18. The molecule has 0 fully saturated rings. The van der Waals surface area contributed by atoms with Crippen molar-refractivity contribution in [3.8, 4) is 0 Å². The second-order valence-electron chi connectivity index (χ2n) is 0.922. The minimum atomic E-state index is 1.20. The van der Waals surface area contributed by atoms with Gasteiger partial charge in [-0.15, -0.1) is 5.73 Å². The third kappa shape index (κ3) is 4.93. The zero-order valence-corrected chi connectivity index (χ0v) is 4.02. The number of nitrogens with one attached hydrogen (secondary N) is 1. The van der Waals surface area contributed by atoms with E-state index in [1.54, 1.807) is 18.2 Å². The summed E-state index contributed by atoms with van der Waals surface area (Å²) < 4.78 is 0. The quantitative estimate of drug-likeness (QED) is 0.304. The molecule has 0 unspecified atom stereocenters. The average Bonchev–Trinajstić information content (AvgIpc) is 1.69. The Morgan fingerprint density at radius 1 is 1.43 bits per heavy atom. The first-order valence-electron chi connectivity index (χ1n) is 1.93. The van der Waals surface area contributed by atoms with Crippen LogP contribution in [0.1, 0.15) is 0 Å². The van der Waals surface area contributed by atoms with Gasteiger partial charge in [-0.1, -0.05) is 12.7 Å². The van der Waals surface area contributed by atoms with Crippen LogP contribution in [0, 0.1) is 5.41 Å². The first-order valence-corrected chi connectivity index (χ1v) is 1.93. The summed E-state index contributed by atoms with van der Waals surface area (Å²) in [6.45, 7) is 3.33. The van der Waals surface area contributed by atoms with E-state index in [0.717, 1.165) is 0 Å². The van der Waals surface area contributed by atoms with E-state index in [1.807, 2.05) is 0 Å². The highest BCUT2D eigenvalue weighted by Crippen LogP contribution is 1.66. The van der Waals surface area contributed by atoms with E-state index in [1.165, 1.54) is 6.21 Å². The first kappa shape index (κ1) is 5.93. The molecule has 1 heteroatoms. The summed E-state index contributed by atoms with van der Waals surface area (Å²) in [5.41, 5.74) is 2.54. The van der Waals surface area contributed by atoms with Crippen LogP contribution in [0.3, 0.4) is 0 Å². The van der Waals surface area contributed by atoms with Crippen molar-refractivity contribution >= 4 is 6.21 Å². The molecule has 1 nitrogen and oxygen atoms in total. The van der Waals surface area contributed by atoms with Crippen molar-refractivity contribution in [1.82, 2.24) is 0 Å². The fraction of sp³-hybridized carbons (Fsp3) is 0. The molecule has 0 aliphatic heterocycles. The molecule has 0 bridgehead atoms. The van der Waals surface area contributed by atoms with Gasteiger partial charge in [0.25, 0.3) is 0 Å². The third-order valence-electron chi connectivity index (χ3n) is 0.421. The second-order valence-corrected chi connectivity index (χ2v) is 0.922. The number of allylic oxidation sites excluding steroid dienone is 3. The topological polar surface area (TPSA) is 23.9 Å². The summed E-state index contributed by atoms with van der Waals surface area (Å²) in [4.78, 5) is 0. The van der Waals surface area contributed by atoms with Crippen LogP contribution in [-0.4, -0.2) is 6.21 Å². The molecule has 7 heavy (non-hydrogen) atoms. The number of rotatable bonds is 2. The van der Waals surface area contributed by atoms with Crippen molar-refractivity contribution in [3.63, 3.8) is 0 Å². The number of hydrogen-bond donors (Lipinski definition) is 1. The molecule has 1 N–H and O–H groups in total. The molecule has 0 aliphatic rings. The molecule has 0 aromatic heterocycles. The molecular weight excluding hydrogens is 86.1 g/mol. The maximum Gasteiger partial charge on any atom is 0.0177 e. The Morgan fingerprint density at radius 2 is 2.14 bits per heavy atom. The predicted molar refractivity (Wildman–Crippen MR) is 31.6 cm³/mol. The lowest BCUT2D eigenvalue weighted by Crippen LogP contribution is -1.50. The molecule has 36 valence electrons. The summed E-state index contributed by atoms with van der Waals surface area (Å²) in [7, 11) is 0. The smallest absolute Gasteiger partial charge is 0.0177 e. The van der Waals surface area contributed by atoms with Gasteiger partial charge in [0.15, 0.2) is 0 Å². The van der Waals surface area contributed by atoms with Crippen LogP contribution in [-0.2, 0) is 0 Å². The summed E-state index contributed by atoms with van der Waals surface area (Å²) in [6.07, 6.45) is 6.14. The first-order chi connectivity index (χ1) is 3.41. The van der Waals surface area contributed by atoms with Gasteiger partial charge in [-0.3, -0.25) is 0 Å². The fourth-order valence-corrected chi connectivity index (χ4v) is 0.179. The largest absolute Gasteiger partial charge is 0.309 e. The van der Waals surface area contributed by atoms with Gasteiger partial charge in [0.2, 0.25) is 0 Å². The van der Waals surface area contributed by atoms with Crippen LogP contribution in [0.15, 0.2) is 30.5 Å². The molecule has 0 aromatic carbocycles. The Hall–Kier alpha value is -1.07. The highest BCUT2D eigenvalue weighted by molar-refractivity contribution is 5.67. The van der Waals surface area contributed by atoms with Gasteiger partial charge in [-0.05, 0) is 12.2 Å². The standard InChI is InChI=1S/C6H7N/c1-2-3-4-5-6-7/h3-7H,1H2/b5-4+,7-6?. The van der Waals surface area contributed by atoms with Gasteiger partial charge in [-0.2, -0.15) is 0 Å². The molecule has 0 atom stereocenters. The molecular formula is C6H7N. The van der Waals surface area contributed by atoms with Crippen molar-refractivity contribution in [3.05, 3.63) is 30.5 Å². The zero-order valence-electron chi connectivity index (χ0n) is 4.02. The summed E-state index contributed by atoms with van der Waals surface area (Å²) >= 11 is 0. The molecule has 0 radical (unpaired) electrons. The minimum Gasteiger partial charge on any atom is -0.309 e. The van der Waals surface area contributed by atoms with Gasteiger partial charge in [0.05, 0.1) is 0 Å². The maximum absolute atomic E-state index is 6.50. The molecule has 0 spiro atoms. The Balaban J connectivity index is 3.47.